The second kappa shape index (κ2) is 5.86. The molecule has 3 aromatic heterocycles. The number of rotatable bonds is 5. The fourth-order valence-electron chi connectivity index (χ4n) is 2.73. The van der Waals surface area contributed by atoms with E-state index in [4.69, 9.17) is 0 Å². The highest BCUT2D eigenvalue weighted by Gasteiger charge is 2.26. The van der Waals surface area contributed by atoms with Gasteiger partial charge in [-0.2, -0.15) is 0 Å². The molecular weight excluding hydrogens is 324 g/mol. The summed E-state index contributed by atoms with van der Waals surface area (Å²) in [4.78, 5) is 17.0. The van der Waals surface area contributed by atoms with Gasteiger partial charge in [0.2, 0.25) is 0 Å². The maximum absolute atomic E-state index is 12.5. The summed E-state index contributed by atoms with van der Waals surface area (Å²) in [6.07, 6.45) is 5.99. The Morgan fingerprint density at radius 2 is 2.29 bits per heavy atom. The van der Waals surface area contributed by atoms with E-state index in [0.717, 1.165) is 34.9 Å². The summed E-state index contributed by atoms with van der Waals surface area (Å²) in [5.41, 5.74) is 2.46. The zero-order valence-corrected chi connectivity index (χ0v) is 14.4. The van der Waals surface area contributed by atoms with Crippen LogP contribution in [0.15, 0.2) is 24.0 Å². The molecule has 0 unspecified atom stereocenters. The monoisotopic (exact) mass is 342 g/mol. The largest absolute Gasteiger partial charge is 0.346 e. The molecule has 0 spiro atoms. The third-order valence-corrected chi connectivity index (χ3v) is 4.92. The smallest absolute Gasteiger partial charge is 0.268 e. The maximum atomic E-state index is 12.5. The van der Waals surface area contributed by atoms with Gasteiger partial charge >= 0.3 is 0 Å². The van der Waals surface area contributed by atoms with Crippen molar-refractivity contribution in [2.75, 3.05) is 0 Å². The van der Waals surface area contributed by atoms with Gasteiger partial charge in [0, 0.05) is 30.2 Å². The molecule has 0 bridgehead atoms. The lowest BCUT2D eigenvalue weighted by Crippen LogP contribution is -2.26. The van der Waals surface area contributed by atoms with Gasteiger partial charge in [-0.1, -0.05) is 0 Å². The number of hydrogen-bond acceptors (Lipinski definition) is 5. The second-order valence-electron chi connectivity index (χ2n) is 6.04. The molecule has 3 aromatic rings. The van der Waals surface area contributed by atoms with Crippen molar-refractivity contribution in [3.05, 3.63) is 40.5 Å². The Kier molecular flexibility index (Phi) is 3.68. The van der Waals surface area contributed by atoms with E-state index in [9.17, 15) is 4.79 Å². The van der Waals surface area contributed by atoms with Crippen molar-refractivity contribution >= 4 is 17.2 Å². The molecule has 124 valence electrons. The van der Waals surface area contributed by atoms with Gasteiger partial charge in [0.05, 0.1) is 17.2 Å². The molecule has 0 aromatic carbocycles. The van der Waals surface area contributed by atoms with Crippen LogP contribution in [0.4, 0.5) is 0 Å². The molecule has 1 aliphatic carbocycles. The highest BCUT2D eigenvalue weighted by Crippen LogP contribution is 2.35. The lowest BCUT2D eigenvalue weighted by molar-refractivity contribution is 0.0941. The van der Waals surface area contributed by atoms with Gasteiger partial charge < -0.3 is 14.5 Å². The first-order chi connectivity index (χ1) is 11.6. The number of aryl methyl sites for hydroxylation is 2. The predicted octanol–water partition coefficient (Wildman–Crippen LogP) is 2.31. The van der Waals surface area contributed by atoms with Crippen molar-refractivity contribution in [3.63, 3.8) is 0 Å². The molecule has 8 heteroatoms. The third kappa shape index (κ3) is 2.84. The van der Waals surface area contributed by atoms with Crippen molar-refractivity contribution in [3.8, 4) is 11.3 Å². The fraction of sp³-hybridized carbons (Fsp3) is 0.375. The van der Waals surface area contributed by atoms with E-state index in [1.807, 2.05) is 36.2 Å². The molecule has 3 heterocycles. The lowest BCUT2D eigenvalue weighted by Gasteiger charge is -2.07. The average molecular weight is 342 g/mol. The van der Waals surface area contributed by atoms with Gasteiger partial charge in [-0.3, -0.25) is 4.79 Å². The van der Waals surface area contributed by atoms with Crippen LogP contribution in [0.1, 0.15) is 40.2 Å². The van der Waals surface area contributed by atoms with E-state index in [-0.39, 0.29) is 5.91 Å². The number of hydrogen-bond donors (Lipinski definition) is 1. The van der Waals surface area contributed by atoms with Gasteiger partial charge in [-0.05, 0) is 25.8 Å². The minimum absolute atomic E-state index is 0.124. The van der Waals surface area contributed by atoms with Crippen molar-refractivity contribution in [2.24, 2.45) is 7.05 Å². The molecule has 7 nitrogen and oxygen atoms in total. The number of aromatic nitrogens is 5. The Balaban J connectivity index is 1.48. The van der Waals surface area contributed by atoms with E-state index in [0.29, 0.717) is 18.3 Å². The number of nitrogens with zero attached hydrogens (tertiary/aromatic N) is 5. The van der Waals surface area contributed by atoms with Crippen molar-refractivity contribution in [1.82, 2.24) is 29.6 Å². The van der Waals surface area contributed by atoms with Crippen LogP contribution in [0.5, 0.6) is 0 Å². The molecule has 0 aliphatic heterocycles. The maximum Gasteiger partial charge on any atom is 0.268 e. The van der Waals surface area contributed by atoms with Crippen LogP contribution < -0.4 is 5.32 Å². The zero-order chi connectivity index (χ0) is 16.7. The number of amides is 1. The Bertz CT molecular complexity index is 888. The van der Waals surface area contributed by atoms with Crippen LogP contribution in [0.25, 0.3) is 11.3 Å². The number of carbonyl (C=O) groups excluding carboxylic acids is 1. The summed E-state index contributed by atoms with van der Waals surface area (Å²) >= 11 is 1.60. The standard InChI is InChI=1S/C16H18N6OS/c1-10-19-13(8-24-10)11-5-14(21(2)7-11)16(23)17-6-15-20-18-9-22(15)12-3-4-12/h5,7-9,12H,3-4,6H2,1-2H3,(H,17,23). The Labute approximate surface area is 143 Å². The number of thiazole rings is 1. The third-order valence-electron chi connectivity index (χ3n) is 4.15. The Morgan fingerprint density at radius 3 is 3.00 bits per heavy atom. The van der Waals surface area contributed by atoms with E-state index in [1.165, 1.54) is 0 Å². The van der Waals surface area contributed by atoms with Crippen molar-refractivity contribution < 1.29 is 4.79 Å². The van der Waals surface area contributed by atoms with Gasteiger partial charge in [0.1, 0.15) is 12.0 Å². The summed E-state index contributed by atoms with van der Waals surface area (Å²) in [5.74, 6) is 0.677. The molecule has 24 heavy (non-hydrogen) atoms. The predicted molar refractivity (Wildman–Crippen MR) is 90.7 cm³/mol. The summed E-state index contributed by atoms with van der Waals surface area (Å²) in [5, 5.41) is 14.0. The molecule has 0 saturated heterocycles. The van der Waals surface area contributed by atoms with Crippen LogP contribution in [-0.2, 0) is 13.6 Å². The van der Waals surface area contributed by atoms with Crippen LogP contribution in [-0.4, -0.2) is 30.2 Å². The van der Waals surface area contributed by atoms with Gasteiger partial charge in [0.25, 0.3) is 5.91 Å². The summed E-state index contributed by atoms with van der Waals surface area (Å²) in [6.45, 7) is 2.35. The van der Waals surface area contributed by atoms with E-state index in [2.05, 4.69) is 25.1 Å². The molecule has 1 aliphatic rings. The topological polar surface area (TPSA) is 77.6 Å². The second-order valence-corrected chi connectivity index (χ2v) is 7.11. The quantitative estimate of drug-likeness (QED) is 0.772. The van der Waals surface area contributed by atoms with Crippen LogP contribution in [0, 0.1) is 6.92 Å². The molecule has 1 fully saturated rings. The van der Waals surface area contributed by atoms with Crippen LogP contribution in [0.3, 0.4) is 0 Å². The Hall–Kier alpha value is -2.48. The first kappa shape index (κ1) is 15.1. The fourth-order valence-corrected chi connectivity index (χ4v) is 3.35. The summed E-state index contributed by atoms with van der Waals surface area (Å²) in [6, 6.07) is 2.37. The highest BCUT2D eigenvalue weighted by molar-refractivity contribution is 7.09. The number of carbonyl (C=O) groups is 1. The SMILES string of the molecule is Cc1nc(-c2cc(C(=O)NCc3nncn3C3CC3)n(C)c2)cs1. The summed E-state index contributed by atoms with van der Waals surface area (Å²) < 4.78 is 3.87. The molecule has 1 amide bonds. The van der Waals surface area contributed by atoms with Gasteiger partial charge in [-0.15, -0.1) is 21.5 Å². The first-order valence-electron chi connectivity index (χ1n) is 7.87. The molecule has 4 rings (SSSR count). The van der Waals surface area contributed by atoms with Crippen molar-refractivity contribution in [2.45, 2.75) is 32.4 Å². The Morgan fingerprint density at radius 1 is 1.46 bits per heavy atom. The summed E-state index contributed by atoms with van der Waals surface area (Å²) in [7, 11) is 1.87. The minimum atomic E-state index is -0.124. The van der Waals surface area contributed by atoms with Gasteiger partial charge in [-0.25, -0.2) is 4.98 Å². The normalized spacial score (nSPS) is 14.1. The molecule has 1 N–H and O–H groups in total. The molecular formula is C16H18N6OS. The lowest BCUT2D eigenvalue weighted by atomic mass is 10.2. The van der Waals surface area contributed by atoms with E-state index < -0.39 is 0 Å². The zero-order valence-electron chi connectivity index (χ0n) is 13.6. The molecule has 1 saturated carbocycles. The highest BCUT2D eigenvalue weighted by atomic mass is 32.1. The van der Waals surface area contributed by atoms with Crippen molar-refractivity contribution in [1.29, 1.82) is 0 Å². The van der Waals surface area contributed by atoms with Gasteiger partial charge in [0.15, 0.2) is 5.82 Å². The molecule has 0 atom stereocenters. The first-order valence-corrected chi connectivity index (χ1v) is 8.75. The minimum Gasteiger partial charge on any atom is -0.346 e. The van der Waals surface area contributed by atoms with Crippen LogP contribution >= 0.6 is 11.3 Å². The van der Waals surface area contributed by atoms with E-state index in [1.54, 1.807) is 17.7 Å². The van der Waals surface area contributed by atoms with E-state index >= 15 is 0 Å². The van der Waals surface area contributed by atoms with Crippen LogP contribution in [0.2, 0.25) is 0 Å². The number of nitrogens with one attached hydrogen (secondary N) is 1. The molecule has 0 radical (unpaired) electrons. The average Bonchev–Trinajstić information content (AvgIpc) is 2.96.